The molecule has 0 fully saturated rings. The number of fused-ring (bicyclic) bond motifs is 1. The molecule has 1 aliphatic carbocycles. The van der Waals surface area contributed by atoms with Crippen molar-refractivity contribution in [2.24, 2.45) is 0 Å². The van der Waals surface area contributed by atoms with Crippen LogP contribution in [0.3, 0.4) is 0 Å². The van der Waals surface area contributed by atoms with E-state index in [0.29, 0.717) is 31.9 Å². The Bertz CT molecular complexity index is 1300. The van der Waals surface area contributed by atoms with Gasteiger partial charge in [-0.1, -0.05) is 30.2 Å². The summed E-state index contributed by atoms with van der Waals surface area (Å²) in [5, 5.41) is 14.3. The average Bonchev–Trinajstić information content (AvgIpc) is 3.04. The number of anilines is 1. The monoisotopic (exact) mass is 539 g/mol. The van der Waals surface area contributed by atoms with Gasteiger partial charge >= 0.3 is 5.97 Å². The van der Waals surface area contributed by atoms with E-state index in [0.717, 1.165) is 48.9 Å². The minimum Gasteiger partial charge on any atom is -0.462 e. The highest BCUT2D eigenvalue weighted by molar-refractivity contribution is 7.99. The smallest absolute Gasteiger partial charge is 0.341 e. The normalized spacial score (nSPS) is 12.8. The molecule has 0 unspecified atom stereocenters. The quantitative estimate of drug-likeness (QED) is 0.190. The fourth-order valence-corrected chi connectivity index (χ4v) is 6.43. The molecular formula is C27H26ClN3O3S2. The number of carbonyl (C=O) groups is 2. The predicted octanol–water partition coefficient (Wildman–Crippen LogP) is 6.90. The van der Waals surface area contributed by atoms with E-state index in [-0.39, 0.29) is 24.9 Å². The number of thiophene rings is 1. The van der Waals surface area contributed by atoms with Crippen molar-refractivity contribution in [2.45, 2.75) is 50.5 Å². The van der Waals surface area contributed by atoms with Crippen molar-refractivity contribution in [1.29, 1.82) is 5.26 Å². The maximum Gasteiger partial charge on any atom is 0.341 e. The second-order valence-electron chi connectivity index (χ2n) is 8.30. The topological polar surface area (TPSA) is 92.1 Å². The van der Waals surface area contributed by atoms with Gasteiger partial charge in [0.25, 0.3) is 0 Å². The third-order valence-electron chi connectivity index (χ3n) is 5.84. The first kappa shape index (κ1) is 26.2. The Balaban J connectivity index is 1.44. The second kappa shape index (κ2) is 12.4. The van der Waals surface area contributed by atoms with E-state index in [1.165, 1.54) is 28.0 Å². The zero-order chi connectivity index (χ0) is 25.5. The van der Waals surface area contributed by atoms with Gasteiger partial charge in [-0.3, -0.25) is 4.79 Å². The van der Waals surface area contributed by atoms with E-state index < -0.39 is 0 Å². The van der Waals surface area contributed by atoms with Crippen LogP contribution in [0.25, 0.3) is 11.3 Å². The molecule has 4 rings (SSSR count). The minimum atomic E-state index is -0.372. The summed E-state index contributed by atoms with van der Waals surface area (Å²) >= 11 is 8.84. The number of halogens is 1. The number of aryl methyl sites for hydroxylation is 1. The van der Waals surface area contributed by atoms with Gasteiger partial charge in [0.2, 0.25) is 5.91 Å². The molecule has 6 nitrogen and oxygen atoms in total. The molecule has 0 aliphatic heterocycles. The van der Waals surface area contributed by atoms with Crippen molar-refractivity contribution >= 4 is 51.6 Å². The number of aromatic nitrogens is 1. The third kappa shape index (κ3) is 6.28. The molecule has 0 atom stereocenters. The summed E-state index contributed by atoms with van der Waals surface area (Å²) < 4.78 is 5.30. The first-order chi connectivity index (χ1) is 17.5. The number of amides is 1. The number of nitriles is 1. The SMILES string of the molecule is CCOC(=O)c1c(NC(=O)CCSc2nc(-c3ccc(Cl)cc3)ccc2C#N)sc2c1CCCCC2. The lowest BCUT2D eigenvalue weighted by Gasteiger charge is -2.09. The lowest BCUT2D eigenvalue weighted by Crippen LogP contribution is -2.15. The standard InChI is InChI=1S/C27H26ClN3O3S2/c1-2-34-27(33)24-20-6-4-3-5-7-22(20)36-26(24)31-23(32)14-15-35-25-18(16-29)10-13-21(30-25)17-8-11-19(28)12-9-17/h8-13H,2-7,14-15H2,1H3,(H,31,32). The van der Waals surface area contributed by atoms with Crippen molar-refractivity contribution in [1.82, 2.24) is 4.98 Å². The summed E-state index contributed by atoms with van der Waals surface area (Å²) in [7, 11) is 0. The molecule has 0 saturated heterocycles. The highest BCUT2D eigenvalue weighted by Crippen LogP contribution is 2.38. The number of thioether (sulfide) groups is 1. The molecule has 0 saturated carbocycles. The number of hydrogen-bond acceptors (Lipinski definition) is 7. The van der Waals surface area contributed by atoms with Gasteiger partial charge in [0.1, 0.15) is 16.1 Å². The zero-order valence-electron chi connectivity index (χ0n) is 19.9. The number of rotatable bonds is 8. The summed E-state index contributed by atoms with van der Waals surface area (Å²) in [5.74, 6) is -0.113. The van der Waals surface area contributed by atoms with E-state index in [4.69, 9.17) is 16.3 Å². The van der Waals surface area contributed by atoms with Crippen LogP contribution < -0.4 is 5.32 Å². The molecule has 36 heavy (non-hydrogen) atoms. The molecule has 1 N–H and O–H groups in total. The zero-order valence-corrected chi connectivity index (χ0v) is 22.3. The number of carbonyl (C=O) groups excluding carboxylic acids is 2. The van der Waals surface area contributed by atoms with Crippen LogP contribution in [0.2, 0.25) is 5.02 Å². The lowest BCUT2D eigenvalue weighted by molar-refractivity contribution is -0.115. The molecule has 1 amide bonds. The second-order valence-corrected chi connectivity index (χ2v) is 10.9. The summed E-state index contributed by atoms with van der Waals surface area (Å²) in [6.45, 7) is 2.07. The molecular weight excluding hydrogens is 514 g/mol. The summed E-state index contributed by atoms with van der Waals surface area (Å²) in [6, 6.07) is 13.1. The number of ether oxygens (including phenoxy) is 1. The van der Waals surface area contributed by atoms with Crippen LogP contribution in [-0.2, 0) is 22.4 Å². The van der Waals surface area contributed by atoms with Crippen molar-refractivity contribution in [3.8, 4) is 17.3 Å². The van der Waals surface area contributed by atoms with E-state index in [1.54, 1.807) is 31.2 Å². The van der Waals surface area contributed by atoms with Crippen LogP contribution in [-0.4, -0.2) is 29.2 Å². The Morgan fingerprint density at radius 3 is 2.69 bits per heavy atom. The van der Waals surface area contributed by atoms with E-state index in [1.807, 2.05) is 12.1 Å². The Morgan fingerprint density at radius 1 is 1.17 bits per heavy atom. The van der Waals surface area contributed by atoms with Gasteiger partial charge in [0.15, 0.2) is 0 Å². The largest absolute Gasteiger partial charge is 0.462 e. The molecule has 3 aromatic rings. The minimum absolute atomic E-state index is 0.183. The predicted molar refractivity (Wildman–Crippen MR) is 145 cm³/mol. The molecule has 1 aromatic carbocycles. The van der Waals surface area contributed by atoms with Crippen molar-refractivity contribution in [2.75, 3.05) is 17.7 Å². The highest BCUT2D eigenvalue weighted by atomic mass is 35.5. The van der Waals surface area contributed by atoms with Crippen LogP contribution in [0.4, 0.5) is 5.00 Å². The number of nitrogens with zero attached hydrogens (tertiary/aromatic N) is 2. The average molecular weight is 540 g/mol. The molecule has 0 bridgehead atoms. The van der Waals surface area contributed by atoms with Crippen molar-refractivity contribution in [3.05, 3.63) is 63.0 Å². The van der Waals surface area contributed by atoms with Gasteiger partial charge < -0.3 is 10.1 Å². The molecule has 186 valence electrons. The van der Waals surface area contributed by atoms with E-state index in [2.05, 4.69) is 16.4 Å². The first-order valence-electron chi connectivity index (χ1n) is 11.9. The first-order valence-corrected chi connectivity index (χ1v) is 14.1. The molecule has 0 radical (unpaired) electrons. The summed E-state index contributed by atoms with van der Waals surface area (Å²) in [6.07, 6.45) is 5.23. The van der Waals surface area contributed by atoms with Gasteiger partial charge in [-0.15, -0.1) is 23.1 Å². The fraction of sp³-hybridized carbons (Fsp3) is 0.333. The van der Waals surface area contributed by atoms with E-state index in [9.17, 15) is 14.9 Å². The fourth-order valence-electron chi connectivity index (χ4n) is 4.10. The summed E-state index contributed by atoms with van der Waals surface area (Å²) in [4.78, 5) is 31.3. The van der Waals surface area contributed by atoms with Crippen LogP contribution in [0, 0.1) is 11.3 Å². The number of pyridine rings is 1. The maximum absolute atomic E-state index is 12.8. The van der Waals surface area contributed by atoms with Gasteiger partial charge in [-0.2, -0.15) is 5.26 Å². The molecule has 9 heteroatoms. The van der Waals surface area contributed by atoms with Gasteiger partial charge in [0.05, 0.1) is 23.4 Å². The Morgan fingerprint density at radius 2 is 1.94 bits per heavy atom. The maximum atomic E-state index is 12.8. The summed E-state index contributed by atoms with van der Waals surface area (Å²) in [5.41, 5.74) is 3.64. The van der Waals surface area contributed by atoms with Gasteiger partial charge in [-0.05, 0) is 62.4 Å². The van der Waals surface area contributed by atoms with Crippen LogP contribution in [0.5, 0.6) is 0 Å². The van der Waals surface area contributed by atoms with Gasteiger partial charge in [-0.25, -0.2) is 9.78 Å². The Kier molecular flexibility index (Phi) is 9.03. The molecule has 0 spiro atoms. The molecule has 2 aromatic heterocycles. The lowest BCUT2D eigenvalue weighted by atomic mass is 10.1. The highest BCUT2D eigenvalue weighted by Gasteiger charge is 2.26. The van der Waals surface area contributed by atoms with E-state index >= 15 is 0 Å². The number of hydrogen-bond donors (Lipinski definition) is 1. The number of nitrogens with one attached hydrogen (secondary N) is 1. The third-order valence-corrected chi connectivity index (χ3v) is 8.29. The van der Waals surface area contributed by atoms with Crippen molar-refractivity contribution < 1.29 is 14.3 Å². The molecule has 1 aliphatic rings. The van der Waals surface area contributed by atoms with Crippen molar-refractivity contribution in [3.63, 3.8) is 0 Å². The van der Waals surface area contributed by atoms with Crippen LogP contribution in [0.1, 0.15) is 59.0 Å². The van der Waals surface area contributed by atoms with Crippen LogP contribution in [0.15, 0.2) is 41.4 Å². The number of benzene rings is 1. The number of esters is 1. The van der Waals surface area contributed by atoms with Gasteiger partial charge in [0, 0.05) is 27.6 Å². The Hall–Kier alpha value is -2.86. The van der Waals surface area contributed by atoms with Crippen LogP contribution >= 0.6 is 34.7 Å². The Labute approximate surface area is 224 Å². The molecule has 2 heterocycles.